The molecule has 0 spiro atoms. The first-order chi connectivity index (χ1) is 9.15. The highest BCUT2D eigenvalue weighted by molar-refractivity contribution is 7.13. The van der Waals surface area contributed by atoms with E-state index < -0.39 is 5.97 Å². The van der Waals surface area contributed by atoms with E-state index in [4.69, 9.17) is 5.11 Å². The minimum absolute atomic E-state index is 0.162. The fourth-order valence-electron chi connectivity index (χ4n) is 2.66. The first kappa shape index (κ1) is 14.3. The third-order valence-corrected chi connectivity index (χ3v) is 4.72. The highest BCUT2D eigenvalue weighted by atomic mass is 32.1. The number of carboxylic acid groups (broad SMARTS) is 1. The van der Waals surface area contributed by atoms with Crippen molar-refractivity contribution in [1.29, 1.82) is 0 Å². The van der Waals surface area contributed by atoms with Crippen molar-refractivity contribution < 1.29 is 9.90 Å². The zero-order chi connectivity index (χ0) is 13.7. The van der Waals surface area contributed by atoms with Gasteiger partial charge in [0.15, 0.2) is 5.13 Å². The Morgan fingerprint density at radius 2 is 2.21 bits per heavy atom. The average Bonchev–Trinajstić information content (AvgIpc) is 2.86. The Bertz CT molecular complexity index is 413. The van der Waals surface area contributed by atoms with Crippen molar-refractivity contribution in [3.05, 3.63) is 11.1 Å². The van der Waals surface area contributed by atoms with Gasteiger partial charge in [-0.15, -0.1) is 11.3 Å². The van der Waals surface area contributed by atoms with Crippen molar-refractivity contribution in [2.45, 2.75) is 44.9 Å². The van der Waals surface area contributed by atoms with E-state index >= 15 is 0 Å². The largest absolute Gasteiger partial charge is 0.481 e. The van der Waals surface area contributed by atoms with E-state index in [1.807, 2.05) is 5.38 Å². The van der Waals surface area contributed by atoms with Gasteiger partial charge < -0.3 is 10.0 Å². The molecule has 106 valence electrons. The van der Waals surface area contributed by atoms with Gasteiger partial charge in [-0.05, 0) is 18.8 Å². The molecule has 0 aromatic carbocycles. The minimum atomic E-state index is -0.759. The molecule has 0 radical (unpaired) electrons. The van der Waals surface area contributed by atoms with E-state index in [-0.39, 0.29) is 6.42 Å². The fraction of sp³-hybridized carbons (Fsp3) is 0.714. The van der Waals surface area contributed by atoms with Crippen LogP contribution < -0.4 is 4.90 Å². The summed E-state index contributed by atoms with van der Waals surface area (Å²) >= 11 is 1.62. The molecule has 19 heavy (non-hydrogen) atoms. The second kappa shape index (κ2) is 6.89. The number of carbonyl (C=O) groups is 1. The summed E-state index contributed by atoms with van der Waals surface area (Å²) in [4.78, 5) is 17.3. The predicted octanol–water partition coefficient (Wildman–Crippen LogP) is 3.18. The van der Waals surface area contributed by atoms with Gasteiger partial charge in [0.05, 0.1) is 12.1 Å². The van der Waals surface area contributed by atoms with Gasteiger partial charge in [-0.25, -0.2) is 4.98 Å². The Kier molecular flexibility index (Phi) is 5.19. The van der Waals surface area contributed by atoms with Gasteiger partial charge in [0.25, 0.3) is 0 Å². The monoisotopic (exact) mass is 282 g/mol. The molecule has 5 heteroatoms. The molecule has 1 aromatic rings. The lowest BCUT2D eigenvalue weighted by Crippen LogP contribution is -2.26. The van der Waals surface area contributed by atoms with Gasteiger partial charge in [-0.2, -0.15) is 0 Å². The molecule has 0 aliphatic heterocycles. The van der Waals surface area contributed by atoms with Crippen molar-refractivity contribution in [3.8, 4) is 0 Å². The number of hydrogen-bond donors (Lipinski definition) is 1. The van der Waals surface area contributed by atoms with Crippen molar-refractivity contribution in [2.24, 2.45) is 5.92 Å². The fourth-order valence-corrected chi connectivity index (χ4v) is 3.49. The average molecular weight is 282 g/mol. The lowest BCUT2D eigenvalue weighted by atomic mass is 9.89. The van der Waals surface area contributed by atoms with Crippen molar-refractivity contribution >= 4 is 22.4 Å². The number of rotatable bonds is 6. The molecule has 1 heterocycles. The molecule has 1 aliphatic carbocycles. The molecule has 1 fully saturated rings. The van der Waals surface area contributed by atoms with Crippen LogP contribution in [0.25, 0.3) is 0 Å². The molecule has 2 rings (SSSR count). The zero-order valence-electron chi connectivity index (χ0n) is 11.5. The van der Waals surface area contributed by atoms with Crippen molar-refractivity contribution in [2.75, 3.05) is 18.5 Å². The minimum Gasteiger partial charge on any atom is -0.481 e. The molecule has 0 bridgehead atoms. The number of hydrogen-bond acceptors (Lipinski definition) is 4. The maximum Gasteiger partial charge on any atom is 0.303 e. The summed E-state index contributed by atoms with van der Waals surface area (Å²) in [5.74, 6) is 0.0372. The van der Waals surface area contributed by atoms with Crippen LogP contribution in [0, 0.1) is 5.92 Å². The highest BCUT2D eigenvalue weighted by Crippen LogP contribution is 2.27. The second-order valence-electron chi connectivity index (χ2n) is 5.40. The summed E-state index contributed by atoms with van der Waals surface area (Å²) in [5, 5.41) is 11.7. The molecule has 1 N–H and O–H groups in total. The summed E-state index contributed by atoms with van der Waals surface area (Å²) in [5.41, 5.74) is 0.901. The molecular formula is C14H22N2O2S. The number of carboxylic acids is 1. The summed E-state index contributed by atoms with van der Waals surface area (Å²) < 4.78 is 0. The predicted molar refractivity (Wildman–Crippen MR) is 77.9 cm³/mol. The molecule has 1 aliphatic rings. The van der Waals surface area contributed by atoms with Crippen molar-refractivity contribution in [3.63, 3.8) is 0 Å². The maximum atomic E-state index is 10.5. The summed E-state index contributed by atoms with van der Waals surface area (Å²) in [6.07, 6.45) is 7.47. The SMILES string of the molecule is CN(CC1CCCCC1)c1nc(CCC(=O)O)cs1. The molecule has 1 saturated carbocycles. The number of nitrogens with zero attached hydrogens (tertiary/aromatic N) is 2. The molecular weight excluding hydrogens is 260 g/mol. The molecule has 0 amide bonds. The van der Waals surface area contributed by atoms with Gasteiger partial charge in [-0.1, -0.05) is 19.3 Å². The molecule has 0 atom stereocenters. The number of anilines is 1. The topological polar surface area (TPSA) is 53.4 Å². The highest BCUT2D eigenvalue weighted by Gasteiger charge is 2.17. The Morgan fingerprint density at radius 3 is 2.89 bits per heavy atom. The van der Waals surface area contributed by atoms with Crippen LogP contribution in [0.1, 0.15) is 44.2 Å². The van der Waals surface area contributed by atoms with Gasteiger partial charge in [0.1, 0.15) is 0 Å². The molecule has 0 unspecified atom stereocenters. The smallest absolute Gasteiger partial charge is 0.303 e. The number of aryl methyl sites for hydroxylation is 1. The Morgan fingerprint density at radius 1 is 1.47 bits per heavy atom. The number of aromatic nitrogens is 1. The van der Waals surface area contributed by atoms with Crippen LogP contribution >= 0.6 is 11.3 Å². The Hall–Kier alpha value is -1.10. The maximum absolute atomic E-state index is 10.5. The van der Waals surface area contributed by atoms with Crippen LogP contribution in [-0.2, 0) is 11.2 Å². The van der Waals surface area contributed by atoms with Crippen LogP contribution in [0.5, 0.6) is 0 Å². The third-order valence-electron chi connectivity index (χ3n) is 3.72. The molecule has 0 saturated heterocycles. The van der Waals surface area contributed by atoms with E-state index in [1.165, 1.54) is 32.1 Å². The van der Waals surface area contributed by atoms with Crippen LogP contribution in [0.2, 0.25) is 0 Å². The normalized spacial score (nSPS) is 16.5. The second-order valence-corrected chi connectivity index (χ2v) is 6.24. The van der Waals surface area contributed by atoms with Gasteiger partial charge >= 0.3 is 5.97 Å². The van der Waals surface area contributed by atoms with Gasteiger partial charge in [0, 0.05) is 25.4 Å². The summed E-state index contributed by atoms with van der Waals surface area (Å²) in [7, 11) is 2.09. The standard InChI is InChI=1S/C14H22N2O2S/c1-16(9-11-5-3-2-4-6-11)14-15-12(10-19-14)7-8-13(17)18/h10-11H,2-9H2,1H3,(H,17,18). The van der Waals surface area contributed by atoms with Crippen LogP contribution in [0.4, 0.5) is 5.13 Å². The van der Waals surface area contributed by atoms with Gasteiger partial charge in [-0.3, -0.25) is 4.79 Å². The van der Waals surface area contributed by atoms with E-state index in [0.717, 1.165) is 23.3 Å². The summed E-state index contributed by atoms with van der Waals surface area (Å²) in [6, 6.07) is 0. The first-order valence-corrected chi connectivity index (χ1v) is 7.90. The van der Waals surface area contributed by atoms with E-state index in [9.17, 15) is 4.79 Å². The lowest BCUT2D eigenvalue weighted by molar-refractivity contribution is -0.136. The summed E-state index contributed by atoms with van der Waals surface area (Å²) in [6.45, 7) is 1.08. The Labute approximate surface area is 118 Å². The third kappa shape index (κ3) is 4.49. The number of thiazole rings is 1. The van der Waals surface area contributed by atoms with Crippen molar-refractivity contribution in [1.82, 2.24) is 4.98 Å². The first-order valence-electron chi connectivity index (χ1n) is 7.02. The van der Waals surface area contributed by atoms with Crippen LogP contribution in [-0.4, -0.2) is 29.7 Å². The van der Waals surface area contributed by atoms with Crippen LogP contribution in [0.15, 0.2) is 5.38 Å². The number of aliphatic carboxylic acids is 1. The van der Waals surface area contributed by atoms with E-state index in [1.54, 1.807) is 11.3 Å². The molecule has 1 aromatic heterocycles. The molecule has 4 nitrogen and oxygen atoms in total. The van der Waals surface area contributed by atoms with Gasteiger partial charge in [0.2, 0.25) is 0 Å². The van der Waals surface area contributed by atoms with E-state index in [0.29, 0.717) is 6.42 Å². The Balaban J connectivity index is 1.84. The van der Waals surface area contributed by atoms with Crippen LogP contribution in [0.3, 0.4) is 0 Å². The zero-order valence-corrected chi connectivity index (χ0v) is 12.3. The van der Waals surface area contributed by atoms with E-state index in [2.05, 4.69) is 16.9 Å². The lowest BCUT2D eigenvalue weighted by Gasteiger charge is -2.26. The quantitative estimate of drug-likeness (QED) is 0.870.